The number of alkyl halides is 6. The van der Waals surface area contributed by atoms with Gasteiger partial charge in [0.05, 0.1) is 0 Å². The van der Waals surface area contributed by atoms with Crippen molar-refractivity contribution >= 4 is 17.6 Å². The van der Waals surface area contributed by atoms with E-state index in [-0.39, 0.29) is 6.04 Å². The topological polar surface area (TPSA) is 109 Å². The van der Waals surface area contributed by atoms with E-state index in [0.29, 0.717) is 5.75 Å². The Morgan fingerprint density at radius 1 is 0.900 bits per heavy atom. The maximum atomic E-state index is 10.5. The molecule has 1 saturated heterocycles. The highest BCUT2D eigenvalue weighted by atomic mass is 19.4. The summed E-state index contributed by atoms with van der Waals surface area (Å²) in [6.45, 7) is 6.61. The number of benzene rings is 2. The fraction of sp³-hybridized carbons (Fsp3) is 0.407. The van der Waals surface area contributed by atoms with Gasteiger partial charge in [0, 0.05) is 12.0 Å². The second-order valence-electron chi connectivity index (χ2n) is 8.65. The number of carbonyl (C=O) groups excluding carboxylic acids is 2. The molecular formula is C27H30F6N2O5. The molecule has 1 fully saturated rings. The summed E-state index contributed by atoms with van der Waals surface area (Å²) >= 11 is 0. The van der Waals surface area contributed by atoms with Gasteiger partial charge in [0.2, 0.25) is 0 Å². The van der Waals surface area contributed by atoms with Crippen molar-refractivity contribution in [1.82, 2.24) is 0 Å². The van der Waals surface area contributed by atoms with Crippen molar-refractivity contribution < 1.29 is 61.1 Å². The van der Waals surface area contributed by atoms with Gasteiger partial charge in [0.15, 0.2) is 6.04 Å². The van der Waals surface area contributed by atoms with Gasteiger partial charge >= 0.3 is 12.4 Å². The van der Waals surface area contributed by atoms with Crippen LogP contribution in [-0.2, 0) is 9.59 Å². The van der Waals surface area contributed by atoms with Crippen molar-refractivity contribution in [1.29, 1.82) is 0 Å². The molecule has 0 amide bonds. The number of rotatable bonds is 5. The van der Waals surface area contributed by atoms with Crippen LogP contribution in [0.3, 0.4) is 0 Å². The van der Waals surface area contributed by atoms with Crippen molar-refractivity contribution in [2.24, 2.45) is 0 Å². The Kier molecular flexibility index (Phi) is 14.0. The second kappa shape index (κ2) is 16.4. The fourth-order valence-electron chi connectivity index (χ4n) is 3.69. The SMILES string of the molecule is CCCCC#CC(c1cccc(O)c1)[NH+]1CC[NH+](c2ccccc2)CC1.O=C([O-])C(F)(F)F.O=C([O-])C(F)(F)F. The van der Waals surface area contributed by atoms with Gasteiger partial charge in [-0.1, -0.05) is 49.6 Å². The highest BCUT2D eigenvalue weighted by molar-refractivity contribution is 5.71. The summed E-state index contributed by atoms with van der Waals surface area (Å²) < 4.78 is 63.1. The molecule has 3 N–H and O–H groups in total. The van der Waals surface area contributed by atoms with Gasteiger partial charge in [-0.05, 0) is 36.6 Å². The van der Waals surface area contributed by atoms with Crippen LogP contribution in [0, 0.1) is 11.8 Å². The third-order valence-electron chi connectivity index (χ3n) is 5.65. The monoisotopic (exact) mass is 576 g/mol. The smallest absolute Gasteiger partial charge is 0.430 e. The van der Waals surface area contributed by atoms with Crippen LogP contribution >= 0.6 is 0 Å². The molecule has 1 aliphatic rings. The number of para-hydroxylation sites is 1. The number of hydrogen-bond acceptors (Lipinski definition) is 5. The number of unbranched alkanes of at least 4 members (excludes halogenated alkanes) is 2. The van der Waals surface area contributed by atoms with E-state index >= 15 is 0 Å². The van der Waals surface area contributed by atoms with Crippen LogP contribution in [0.1, 0.15) is 37.8 Å². The van der Waals surface area contributed by atoms with E-state index in [9.17, 15) is 31.4 Å². The van der Waals surface area contributed by atoms with Gasteiger partial charge < -0.3 is 29.8 Å². The Balaban J connectivity index is 0.000000473. The summed E-state index contributed by atoms with van der Waals surface area (Å²) in [5.74, 6) is 1.22. The molecule has 40 heavy (non-hydrogen) atoms. The Morgan fingerprint density at radius 3 is 1.88 bits per heavy atom. The molecule has 0 spiro atoms. The Morgan fingerprint density at radius 2 is 1.43 bits per heavy atom. The first-order valence-corrected chi connectivity index (χ1v) is 12.2. The van der Waals surface area contributed by atoms with Crippen LogP contribution in [0.25, 0.3) is 0 Å². The predicted octanol–water partition coefficient (Wildman–Crippen LogP) is 0.339. The summed E-state index contributed by atoms with van der Waals surface area (Å²) in [6.07, 6.45) is -7.10. The molecule has 1 heterocycles. The number of nitrogens with one attached hydrogen (secondary N) is 2. The predicted molar refractivity (Wildman–Crippen MR) is 128 cm³/mol. The van der Waals surface area contributed by atoms with E-state index in [2.05, 4.69) is 55.2 Å². The Hall–Kier alpha value is -3.76. The van der Waals surface area contributed by atoms with Crippen LogP contribution in [0.15, 0.2) is 54.6 Å². The lowest BCUT2D eigenvalue weighted by atomic mass is 10.0. The number of carbonyl (C=O) groups is 2. The van der Waals surface area contributed by atoms with Crippen LogP contribution in [0.2, 0.25) is 0 Å². The molecule has 3 rings (SSSR count). The van der Waals surface area contributed by atoms with E-state index in [0.717, 1.165) is 44.6 Å². The quantitative estimate of drug-likeness (QED) is 0.270. The molecule has 2 aromatic carbocycles. The van der Waals surface area contributed by atoms with Crippen LogP contribution < -0.4 is 20.0 Å². The molecule has 0 saturated carbocycles. The van der Waals surface area contributed by atoms with Gasteiger partial charge in [0.1, 0.15) is 49.6 Å². The van der Waals surface area contributed by atoms with E-state index in [4.69, 9.17) is 19.8 Å². The number of halogens is 6. The first kappa shape index (κ1) is 34.3. The first-order valence-electron chi connectivity index (χ1n) is 12.2. The molecule has 1 unspecified atom stereocenters. The zero-order chi connectivity index (χ0) is 30.3. The highest BCUT2D eigenvalue weighted by Crippen LogP contribution is 2.16. The number of aliphatic carboxylic acids is 2. The molecule has 0 aliphatic carbocycles. The first-order chi connectivity index (χ1) is 18.7. The maximum Gasteiger partial charge on any atom is 0.430 e. The summed E-state index contributed by atoms with van der Waals surface area (Å²) in [7, 11) is 0. The van der Waals surface area contributed by atoms with Crippen molar-refractivity contribution in [2.45, 2.75) is 44.6 Å². The number of carboxylic acid groups (broad SMARTS) is 2. The third-order valence-corrected chi connectivity index (χ3v) is 5.65. The lowest BCUT2D eigenvalue weighted by Crippen LogP contribution is -3.26. The molecule has 13 heteroatoms. The van der Waals surface area contributed by atoms with Gasteiger partial charge in [0.25, 0.3) is 0 Å². The lowest BCUT2D eigenvalue weighted by Gasteiger charge is -2.32. The minimum atomic E-state index is -5.19. The van der Waals surface area contributed by atoms with E-state index in [1.807, 2.05) is 12.1 Å². The number of carboxylic acids is 2. The zero-order valence-corrected chi connectivity index (χ0v) is 21.6. The summed E-state index contributed by atoms with van der Waals surface area (Å²) in [6, 6.07) is 18.5. The molecular weight excluding hydrogens is 546 g/mol. The van der Waals surface area contributed by atoms with Crippen molar-refractivity contribution in [3.05, 3.63) is 60.2 Å². The van der Waals surface area contributed by atoms with E-state index in [1.165, 1.54) is 17.0 Å². The highest BCUT2D eigenvalue weighted by Gasteiger charge is 2.31. The number of piperazine rings is 1. The minimum Gasteiger partial charge on any atom is -0.542 e. The fourth-order valence-corrected chi connectivity index (χ4v) is 3.69. The number of phenols is 1. The molecule has 1 aliphatic heterocycles. The maximum absolute atomic E-state index is 10.5. The molecule has 2 aromatic rings. The summed E-state index contributed by atoms with van der Waals surface area (Å²) in [4.78, 5) is 20.6. The summed E-state index contributed by atoms with van der Waals surface area (Å²) in [5, 5.41) is 27.5. The lowest BCUT2D eigenvalue weighted by molar-refractivity contribution is -1.000. The van der Waals surface area contributed by atoms with Gasteiger partial charge in [-0.2, -0.15) is 26.3 Å². The average molecular weight is 577 g/mol. The number of aromatic hydroxyl groups is 1. The third kappa shape index (κ3) is 12.9. The van der Waals surface area contributed by atoms with E-state index < -0.39 is 24.3 Å². The van der Waals surface area contributed by atoms with Crippen LogP contribution in [0.4, 0.5) is 32.0 Å². The molecule has 0 aromatic heterocycles. The second-order valence-corrected chi connectivity index (χ2v) is 8.65. The van der Waals surface area contributed by atoms with Gasteiger partial charge in [-0.15, -0.1) is 0 Å². The molecule has 220 valence electrons. The molecule has 0 bridgehead atoms. The summed E-state index contributed by atoms with van der Waals surface area (Å²) in [5.41, 5.74) is 2.52. The zero-order valence-electron chi connectivity index (χ0n) is 21.6. The number of hydrogen-bond donors (Lipinski definition) is 3. The van der Waals surface area contributed by atoms with Gasteiger partial charge in [-0.3, -0.25) is 4.90 Å². The van der Waals surface area contributed by atoms with Crippen molar-refractivity contribution in [2.75, 3.05) is 26.2 Å². The standard InChI is InChI=1S/C23H28N2O.2C2HF3O2/c1-2-3-4-8-14-23(20-10-9-13-22(26)19-20)25-17-15-24(16-18-25)21-11-6-5-7-12-21;2*3-2(4,5)1(6)7/h5-7,9-13,19,23,26H,2-4,15-18H2,1H3;2*(H,6,7). The van der Waals surface area contributed by atoms with Crippen LogP contribution in [-0.4, -0.2) is 55.6 Å². The Bertz CT molecular complexity index is 1100. The normalized spacial score (nSPS) is 17.5. The van der Waals surface area contributed by atoms with Crippen molar-refractivity contribution in [3.8, 4) is 17.6 Å². The average Bonchev–Trinajstić information content (AvgIpc) is 2.89. The van der Waals surface area contributed by atoms with Crippen molar-refractivity contribution in [3.63, 3.8) is 0 Å². The molecule has 7 nitrogen and oxygen atoms in total. The van der Waals surface area contributed by atoms with Crippen LogP contribution in [0.5, 0.6) is 5.75 Å². The largest absolute Gasteiger partial charge is 0.542 e. The molecule has 0 radical (unpaired) electrons. The number of quaternary nitrogens is 2. The van der Waals surface area contributed by atoms with E-state index in [1.54, 1.807) is 11.0 Å². The minimum absolute atomic E-state index is 0.149. The molecule has 1 atom stereocenters. The van der Waals surface area contributed by atoms with Gasteiger partial charge in [-0.25, -0.2) is 0 Å². The number of phenolic OH excluding ortho intramolecular Hbond substituents is 1. The Labute approximate surface area is 227 Å².